The zero-order valence-electron chi connectivity index (χ0n) is 10.6. The standard InChI is InChI=1S/C13H14N2O4/c1-9(12-4-3-7-19-12)14-10-5-6-13(18-2)11(8-10)15(16)17/h3-9,14H,1-2H3. The van der Waals surface area contributed by atoms with Crippen LogP contribution in [0.1, 0.15) is 18.7 Å². The maximum absolute atomic E-state index is 10.9. The van der Waals surface area contributed by atoms with E-state index < -0.39 is 4.92 Å². The number of ether oxygens (including phenoxy) is 1. The fourth-order valence-corrected chi connectivity index (χ4v) is 1.78. The fraction of sp³-hybridized carbons (Fsp3) is 0.231. The van der Waals surface area contributed by atoms with Gasteiger partial charge in [-0.25, -0.2) is 0 Å². The van der Waals surface area contributed by atoms with Crippen LogP contribution in [0.25, 0.3) is 0 Å². The number of nitrogens with zero attached hydrogens (tertiary/aromatic N) is 1. The summed E-state index contributed by atoms with van der Waals surface area (Å²) in [6, 6.07) is 8.29. The molecule has 6 nitrogen and oxygen atoms in total. The third kappa shape index (κ3) is 2.85. The minimum Gasteiger partial charge on any atom is -0.490 e. The highest BCUT2D eigenvalue weighted by molar-refractivity contribution is 5.59. The van der Waals surface area contributed by atoms with Gasteiger partial charge in [0.1, 0.15) is 5.76 Å². The number of furan rings is 1. The van der Waals surface area contributed by atoms with E-state index in [4.69, 9.17) is 9.15 Å². The first-order valence-electron chi connectivity index (χ1n) is 5.74. The van der Waals surface area contributed by atoms with Gasteiger partial charge in [-0.15, -0.1) is 0 Å². The highest BCUT2D eigenvalue weighted by Gasteiger charge is 2.16. The number of methoxy groups -OCH3 is 1. The smallest absolute Gasteiger partial charge is 0.312 e. The van der Waals surface area contributed by atoms with Gasteiger partial charge in [-0.05, 0) is 31.2 Å². The molecule has 0 aliphatic carbocycles. The van der Waals surface area contributed by atoms with Crippen molar-refractivity contribution in [3.05, 3.63) is 52.5 Å². The van der Waals surface area contributed by atoms with E-state index in [1.54, 1.807) is 24.5 Å². The van der Waals surface area contributed by atoms with Gasteiger partial charge in [-0.2, -0.15) is 0 Å². The van der Waals surface area contributed by atoms with E-state index in [1.165, 1.54) is 13.2 Å². The zero-order chi connectivity index (χ0) is 13.8. The van der Waals surface area contributed by atoms with Crippen LogP contribution in [0.4, 0.5) is 11.4 Å². The number of anilines is 1. The van der Waals surface area contributed by atoms with Crippen molar-refractivity contribution in [2.45, 2.75) is 13.0 Å². The zero-order valence-corrected chi connectivity index (χ0v) is 10.6. The summed E-state index contributed by atoms with van der Waals surface area (Å²) in [5.74, 6) is 1.000. The predicted molar refractivity (Wildman–Crippen MR) is 70.4 cm³/mol. The van der Waals surface area contributed by atoms with Gasteiger partial charge in [0.05, 0.1) is 24.3 Å². The largest absolute Gasteiger partial charge is 0.490 e. The molecule has 1 aromatic heterocycles. The molecule has 1 atom stereocenters. The number of hydrogen-bond donors (Lipinski definition) is 1. The van der Waals surface area contributed by atoms with Gasteiger partial charge < -0.3 is 14.5 Å². The number of rotatable bonds is 5. The van der Waals surface area contributed by atoms with Crippen LogP contribution in [0.3, 0.4) is 0 Å². The normalized spacial score (nSPS) is 11.9. The van der Waals surface area contributed by atoms with Gasteiger partial charge in [-0.3, -0.25) is 10.1 Å². The number of benzene rings is 1. The Bertz CT molecular complexity index is 566. The Morgan fingerprint density at radius 1 is 1.42 bits per heavy atom. The first kappa shape index (κ1) is 12.9. The lowest BCUT2D eigenvalue weighted by Crippen LogP contribution is -2.06. The van der Waals surface area contributed by atoms with Crippen molar-refractivity contribution in [3.8, 4) is 5.75 Å². The van der Waals surface area contributed by atoms with Crippen molar-refractivity contribution < 1.29 is 14.1 Å². The molecule has 2 aromatic rings. The number of nitro groups is 1. The molecule has 0 saturated heterocycles. The average molecular weight is 262 g/mol. The van der Waals surface area contributed by atoms with Gasteiger partial charge in [0.2, 0.25) is 0 Å². The Kier molecular flexibility index (Phi) is 3.70. The molecule has 0 bridgehead atoms. The van der Waals surface area contributed by atoms with E-state index in [-0.39, 0.29) is 17.5 Å². The molecule has 0 fully saturated rings. The molecule has 0 spiro atoms. The van der Waals surface area contributed by atoms with Crippen molar-refractivity contribution in [1.29, 1.82) is 0 Å². The van der Waals surface area contributed by atoms with Crippen molar-refractivity contribution in [3.63, 3.8) is 0 Å². The minimum absolute atomic E-state index is 0.0702. The van der Waals surface area contributed by atoms with Crippen LogP contribution in [-0.4, -0.2) is 12.0 Å². The lowest BCUT2D eigenvalue weighted by atomic mass is 10.2. The molecular weight excluding hydrogens is 248 g/mol. The Morgan fingerprint density at radius 2 is 2.21 bits per heavy atom. The van der Waals surface area contributed by atoms with Crippen LogP contribution in [-0.2, 0) is 0 Å². The summed E-state index contributed by atoms with van der Waals surface area (Å²) in [6.45, 7) is 1.91. The molecular formula is C13H14N2O4. The Morgan fingerprint density at radius 3 is 2.79 bits per heavy atom. The third-order valence-electron chi connectivity index (χ3n) is 2.73. The summed E-state index contributed by atoms with van der Waals surface area (Å²) in [5, 5.41) is 14.1. The first-order valence-corrected chi connectivity index (χ1v) is 5.74. The number of hydrogen-bond acceptors (Lipinski definition) is 5. The Hall–Kier alpha value is -2.50. The average Bonchev–Trinajstić information content (AvgIpc) is 2.92. The van der Waals surface area contributed by atoms with Gasteiger partial charge in [-0.1, -0.05) is 0 Å². The summed E-state index contributed by atoms with van der Waals surface area (Å²) in [6.07, 6.45) is 1.59. The molecule has 19 heavy (non-hydrogen) atoms. The predicted octanol–water partition coefficient (Wildman–Crippen LogP) is 3.37. The summed E-state index contributed by atoms with van der Waals surface area (Å²) >= 11 is 0. The summed E-state index contributed by atoms with van der Waals surface area (Å²) in [5.41, 5.74) is 0.565. The van der Waals surface area contributed by atoms with Crippen molar-refractivity contribution >= 4 is 11.4 Å². The monoisotopic (exact) mass is 262 g/mol. The van der Waals surface area contributed by atoms with E-state index in [2.05, 4.69) is 5.32 Å². The molecule has 0 amide bonds. The van der Waals surface area contributed by atoms with E-state index in [1.807, 2.05) is 13.0 Å². The Labute approximate surface area is 110 Å². The molecule has 1 heterocycles. The lowest BCUT2D eigenvalue weighted by Gasteiger charge is -2.13. The third-order valence-corrected chi connectivity index (χ3v) is 2.73. The molecule has 0 aliphatic heterocycles. The highest BCUT2D eigenvalue weighted by Crippen LogP contribution is 2.31. The second kappa shape index (κ2) is 5.43. The summed E-state index contributed by atoms with van der Waals surface area (Å²) < 4.78 is 10.2. The molecule has 100 valence electrons. The van der Waals surface area contributed by atoms with Gasteiger partial charge >= 0.3 is 5.69 Å². The Balaban J connectivity index is 2.21. The molecule has 6 heteroatoms. The van der Waals surface area contributed by atoms with Crippen LogP contribution in [0.2, 0.25) is 0 Å². The van der Waals surface area contributed by atoms with Gasteiger partial charge in [0.25, 0.3) is 0 Å². The maximum Gasteiger partial charge on any atom is 0.312 e. The van der Waals surface area contributed by atoms with Crippen LogP contribution in [0.15, 0.2) is 41.0 Å². The number of nitrogens with one attached hydrogen (secondary N) is 1. The van der Waals surface area contributed by atoms with E-state index >= 15 is 0 Å². The first-order chi connectivity index (χ1) is 9.11. The van der Waals surface area contributed by atoms with Crippen LogP contribution < -0.4 is 10.1 Å². The topological polar surface area (TPSA) is 77.5 Å². The van der Waals surface area contributed by atoms with Crippen molar-refractivity contribution in [1.82, 2.24) is 0 Å². The molecule has 0 saturated carbocycles. The van der Waals surface area contributed by atoms with Crippen LogP contribution in [0.5, 0.6) is 5.75 Å². The quantitative estimate of drug-likeness (QED) is 0.660. The molecule has 0 aliphatic rings. The molecule has 1 unspecified atom stereocenters. The van der Waals surface area contributed by atoms with Gasteiger partial charge in [0.15, 0.2) is 5.75 Å². The second-order valence-electron chi connectivity index (χ2n) is 4.03. The van der Waals surface area contributed by atoms with E-state index in [0.717, 1.165) is 5.76 Å². The maximum atomic E-state index is 10.9. The van der Waals surface area contributed by atoms with Gasteiger partial charge in [0, 0.05) is 11.8 Å². The highest BCUT2D eigenvalue weighted by atomic mass is 16.6. The van der Waals surface area contributed by atoms with E-state index in [9.17, 15) is 10.1 Å². The second-order valence-corrected chi connectivity index (χ2v) is 4.03. The van der Waals surface area contributed by atoms with Crippen molar-refractivity contribution in [2.24, 2.45) is 0 Å². The molecule has 1 N–H and O–H groups in total. The van der Waals surface area contributed by atoms with E-state index in [0.29, 0.717) is 5.69 Å². The van der Waals surface area contributed by atoms with Crippen molar-refractivity contribution in [2.75, 3.05) is 12.4 Å². The SMILES string of the molecule is COc1ccc(NC(C)c2ccco2)cc1[N+](=O)[O-]. The summed E-state index contributed by atoms with van der Waals surface area (Å²) in [7, 11) is 1.40. The van der Waals surface area contributed by atoms with Crippen LogP contribution in [0, 0.1) is 10.1 Å². The summed E-state index contributed by atoms with van der Waals surface area (Å²) in [4.78, 5) is 10.5. The fourth-order valence-electron chi connectivity index (χ4n) is 1.78. The lowest BCUT2D eigenvalue weighted by molar-refractivity contribution is -0.385. The molecule has 1 aromatic carbocycles. The number of nitro benzene ring substituents is 1. The molecule has 0 radical (unpaired) electrons. The molecule has 2 rings (SSSR count). The van der Waals surface area contributed by atoms with Crippen LogP contribution >= 0.6 is 0 Å². The minimum atomic E-state index is -0.471.